The highest BCUT2D eigenvalue weighted by Gasteiger charge is 2.14. The molecule has 0 aliphatic rings. The number of nitro benzene ring substituents is 1. The Bertz CT molecular complexity index is 731. The summed E-state index contributed by atoms with van der Waals surface area (Å²) >= 11 is 3.34. The van der Waals surface area contributed by atoms with E-state index in [1.165, 1.54) is 6.07 Å². The molecule has 0 radical (unpaired) electrons. The highest BCUT2D eigenvalue weighted by Crippen LogP contribution is 2.28. The van der Waals surface area contributed by atoms with Crippen LogP contribution in [0.5, 0.6) is 5.75 Å². The number of phenols is 1. The van der Waals surface area contributed by atoms with Gasteiger partial charge in [-0.15, -0.1) is 0 Å². The minimum atomic E-state index is -0.598. The third-order valence-electron chi connectivity index (χ3n) is 2.86. The molecule has 6 nitrogen and oxygen atoms in total. The van der Waals surface area contributed by atoms with Crippen LogP contribution in [0, 0.1) is 17.0 Å². The summed E-state index contributed by atoms with van der Waals surface area (Å²) < 4.78 is 0.872. The lowest BCUT2D eigenvalue weighted by molar-refractivity contribution is -0.384. The monoisotopic (exact) mass is 350 g/mol. The van der Waals surface area contributed by atoms with E-state index in [2.05, 4.69) is 21.2 Å². The van der Waals surface area contributed by atoms with Crippen molar-refractivity contribution in [3.63, 3.8) is 0 Å². The summed E-state index contributed by atoms with van der Waals surface area (Å²) in [7, 11) is 0. The first-order chi connectivity index (χ1) is 9.88. The first-order valence-corrected chi connectivity index (χ1v) is 6.72. The van der Waals surface area contributed by atoms with Gasteiger partial charge in [0.15, 0.2) is 0 Å². The van der Waals surface area contributed by atoms with E-state index in [9.17, 15) is 20.0 Å². The summed E-state index contributed by atoms with van der Waals surface area (Å²) in [6.07, 6.45) is 0. The van der Waals surface area contributed by atoms with Gasteiger partial charge in [-0.05, 0) is 36.8 Å². The van der Waals surface area contributed by atoms with Gasteiger partial charge in [0.1, 0.15) is 5.75 Å². The van der Waals surface area contributed by atoms with E-state index in [-0.39, 0.29) is 17.1 Å². The maximum atomic E-state index is 12.1. The first-order valence-electron chi connectivity index (χ1n) is 5.93. The summed E-state index contributed by atoms with van der Waals surface area (Å²) in [6, 6.07) is 8.46. The van der Waals surface area contributed by atoms with Gasteiger partial charge in [0.25, 0.3) is 11.6 Å². The highest BCUT2D eigenvalue weighted by atomic mass is 79.9. The number of nitro groups is 1. The van der Waals surface area contributed by atoms with E-state index in [0.717, 1.165) is 22.2 Å². The number of carbonyl (C=O) groups is 1. The number of nitrogens with one attached hydrogen (secondary N) is 1. The standard InChI is InChI=1S/C14H11BrN2O4/c1-8-6-9(2-4-11(8)15)14(19)16-12-7-10(17(20)21)3-5-13(12)18/h2-7,18H,1H3,(H,16,19). The second-order valence-corrected chi connectivity index (χ2v) is 5.23. The molecule has 0 fully saturated rings. The molecule has 2 N–H and O–H groups in total. The Kier molecular flexibility index (Phi) is 4.23. The number of rotatable bonds is 3. The zero-order valence-corrected chi connectivity index (χ0v) is 12.5. The Morgan fingerprint density at radius 2 is 2.00 bits per heavy atom. The third-order valence-corrected chi connectivity index (χ3v) is 3.75. The smallest absolute Gasteiger partial charge is 0.271 e. The van der Waals surface area contributed by atoms with Crippen LogP contribution in [0.4, 0.5) is 11.4 Å². The van der Waals surface area contributed by atoms with Crippen molar-refractivity contribution in [1.82, 2.24) is 0 Å². The summed E-state index contributed by atoms with van der Waals surface area (Å²) in [5.41, 5.74) is 1.05. The average molecular weight is 351 g/mol. The van der Waals surface area contributed by atoms with Gasteiger partial charge >= 0.3 is 0 Å². The lowest BCUT2D eigenvalue weighted by atomic mass is 10.1. The highest BCUT2D eigenvalue weighted by molar-refractivity contribution is 9.10. The molecule has 0 heterocycles. The molecule has 0 aliphatic carbocycles. The molecule has 21 heavy (non-hydrogen) atoms. The summed E-state index contributed by atoms with van der Waals surface area (Å²) in [4.78, 5) is 22.2. The van der Waals surface area contributed by atoms with Gasteiger partial charge in [0.2, 0.25) is 0 Å². The van der Waals surface area contributed by atoms with E-state index < -0.39 is 10.8 Å². The molecule has 0 saturated carbocycles. The lowest BCUT2D eigenvalue weighted by Crippen LogP contribution is -2.12. The normalized spacial score (nSPS) is 10.2. The molecule has 108 valence electrons. The van der Waals surface area contributed by atoms with Crippen molar-refractivity contribution in [1.29, 1.82) is 0 Å². The zero-order valence-electron chi connectivity index (χ0n) is 11.0. The largest absolute Gasteiger partial charge is 0.506 e. The second-order valence-electron chi connectivity index (χ2n) is 4.38. The number of nitrogens with zero attached hydrogens (tertiary/aromatic N) is 1. The Morgan fingerprint density at radius 3 is 2.62 bits per heavy atom. The number of benzene rings is 2. The number of hydrogen-bond donors (Lipinski definition) is 2. The summed E-state index contributed by atoms with van der Waals surface area (Å²) in [5.74, 6) is -0.691. The number of amides is 1. The molecule has 0 aromatic heterocycles. The van der Waals surface area contributed by atoms with Crippen molar-refractivity contribution < 1.29 is 14.8 Å². The number of hydrogen-bond acceptors (Lipinski definition) is 4. The zero-order chi connectivity index (χ0) is 15.6. The Balaban J connectivity index is 2.28. The van der Waals surface area contributed by atoms with E-state index in [0.29, 0.717) is 5.56 Å². The second kappa shape index (κ2) is 5.92. The molecule has 2 aromatic rings. The quantitative estimate of drug-likeness (QED) is 0.502. The van der Waals surface area contributed by atoms with Gasteiger partial charge in [-0.25, -0.2) is 0 Å². The minimum Gasteiger partial charge on any atom is -0.506 e. The van der Waals surface area contributed by atoms with Crippen LogP contribution in [0.3, 0.4) is 0 Å². The van der Waals surface area contributed by atoms with E-state index >= 15 is 0 Å². The maximum Gasteiger partial charge on any atom is 0.271 e. The lowest BCUT2D eigenvalue weighted by Gasteiger charge is -2.08. The number of anilines is 1. The van der Waals surface area contributed by atoms with Gasteiger partial charge in [0.05, 0.1) is 10.6 Å². The van der Waals surface area contributed by atoms with Crippen molar-refractivity contribution in [3.8, 4) is 5.75 Å². The molecule has 2 rings (SSSR count). The molecule has 1 amide bonds. The number of aromatic hydroxyl groups is 1. The fraction of sp³-hybridized carbons (Fsp3) is 0.0714. The Morgan fingerprint density at radius 1 is 1.29 bits per heavy atom. The van der Waals surface area contributed by atoms with Crippen LogP contribution < -0.4 is 5.32 Å². The van der Waals surface area contributed by atoms with Crippen molar-refractivity contribution in [2.75, 3.05) is 5.32 Å². The van der Waals surface area contributed by atoms with Crippen LogP contribution in [-0.4, -0.2) is 15.9 Å². The van der Waals surface area contributed by atoms with Crippen LogP contribution in [-0.2, 0) is 0 Å². The van der Waals surface area contributed by atoms with E-state index in [1.807, 2.05) is 6.92 Å². The topological polar surface area (TPSA) is 92.5 Å². The fourth-order valence-corrected chi connectivity index (χ4v) is 1.96. The number of non-ortho nitro benzene ring substituents is 1. The number of carbonyl (C=O) groups excluding carboxylic acids is 1. The molecule has 0 bridgehead atoms. The number of halogens is 1. The molecule has 7 heteroatoms. The molecule has 0 atom stereocenters. The Hall–Kier alpha value is -2.41. The van der Waals surface area contributed by atoms with Crippen LogP contribution in [0.2, 0.25) is 0 Å². The van der Waals surface area contributed by atoms with Crippen LogP contribution in [0.15, 0.2) is 40.9 Å². The molecule has 0 unspecified atom stereocenters. The molecule has 0 spiro atoms. The maximum absolute atomic E-state index is 12.1. The first kappa shape index (κ1) is 15.0. The van der Waals surface area contributed by atoms with Gasteiger partial charge in [-0.1, -0.05) is 15.9 Å². The summed E-state index contributed by atoms with van der Waals surface area (Å²) in [5, 5.41) is 22.8. The number of aryl methyl sites for hydroxylation is 1. The van der Waals surface area contributed by atoms with Gasteiger partial charge in [-0.3, -0.25) is 14.9 Å². The average Bonchev–Trinajstić information content (AvgIpc) is 2.43. The van der Waals surface area contributed by atoms with Crippen LogP contribution >= 0.6 is 15.9 Å². The van der Waals surface area contributed by atoms with Gasteiger partial charge < -0.3 is 10.4 Å². The third kappa shape index (κ3) is 3.38. The molecular formula is C14H11BrN2O4. The fourth-order valence-electron chi connectivity index (χ4n) is 1.72. The predicted octanol–water partition coefficient (Wildman–Crippen LogP) is 3.62. The van der Waals surface area contributed by atoms with Crippen LogP contribution in [0.1, 0.15) is 15.9 Å². The van der Waals surface area contributed by atoms with Crippen molar-refractivity contribution in [2.45, 2.75) is 6.92 Å². The number of phenolic OH excluding ortho intramolecular Hbond substituents is 1. The summed E-state index contributed by atoms with van der Waals surface area (Å²) in [6.45, 7) is 1.84. The molecule has 2 aromatic carbocycles. The van der Waals surface area contributed by atoms with Crippen LogP contribution in [0.25, 0.3) is 0 Å². The Labute approximate surface area is 128 Å². The molecular weight excluding hydrogens is 340 g/mol. The van der Waals surface area contributed by atoms with E-state index in [1.54, 1.807) is 18.2 Å². The van der Waals surface area contributed by atoms with Crippen molar-refractivity contribution in [3.05, 3.63) is 62.1 Å². The minimum absolute atomic E-state index is 0.00484. The van der Waals surface area contributed by atoms with E-state index in [4.69, 9.17) is 0 Å². The predicted molar refractivity (Wildman–Crippen MR) is 81.6 cm³/mol. The molecule has 0 aliphatic heterocycles. The molecule has 0 saturated heterocycles. The van der Waals surface area contributed by atoms with Gasteiger partial charge in [0, 0.05) is 22.2 Å². The van der Waals surface area contributed by atoms with Crippen molar-refractivity contribution in [2.24, 2.45) is 0 Å². The van der Waals surface area contributed by atoms with Crippen molar-refractivity contribution >= 4 is 33.2 Å². The SMILES string of the molecule is Cc1cc(C(=O)Nc2cc([N+](=O)[O-])ccc2O)ccc1Br. The van der Waals surface area contributed by atoms with Gasteiger partial charge in [-0.2, -0.15) is 0 Å².